The van der Waals surface area contributed by atoms with Crippen LogP contribution >= 0.6 is 0 Å². The van der Waals surface area contributed by atoms with Crippen LogP contribution in [-0.2, 0) is 0 Å². The van der Waals surface area contributed by atoms with Crippen LogP contribution in [0.15, 0.2) is 42.5 Å². The Bertz CT molecular complexity index is 424. The lowest BCUT2D eigenvalue weighted by Gasteiger charge is -1.98. The number of hydrogen-bond donors (Lipinski definition) is 2. The van der Waals surface area contributed by atoms with Crippen molar-refractivity contribution in [1.82, 2.24) is 0 Å². The molecule has 4 heteroatoms. The molecule has 0 spiro atoms. The Morgan fingerprint density at radius 1 is 1.07 bits per heavy atom. The molecular weight excluding hydrogens is 180 g/mol. The summed E-state index contributed by atoms with van der Waals surface area (Å²) < 4.78 is 0. The van der Waals surface area contributed by atoms with E-state index in [1.54, 1.807) is 0 Å². The highest BCUT2D eigenvalue weighted by atomic mass is 16.6. The molecule has 2 aromatic rings. The van der Waals surface area contributed by atoms with Crippen LogP contribution in [0.2, 0.25) is 0 Å². The van der Waals surface area contributed by atoms with Gasteiger partial charge in [0.25, 0.3) is 0 Å². The Kier molecular flexibility index (Phi) is 3.43. The van der Waals surface area contributed by atoms with E-state index >= 15 is 0 Å². The van der Waals surface area contributed by atoms with Gasteiger partial charge in [-0.2, -0.15) is 0 Å². The van der Waals surface area contributed by atoms with Crippen LogP contribution in [-0.4, -0.2) is 0 Å². The molecular formula is C10H10N2O2. The lowest BCUT2D eigenvalue weighted by atomic mass is 10.1. The van der Waals surface area contributed by atoms with E-state index < -0.39 is 0 Å². The summed E-state index contributed by atoms with van der Waals surface area (Å²) in [6.45, 7) is 0. The zero-order valence-corrected chi connectivity index (χ0v) is 7.44. The Hall–Kier alpha value is -2.10. The van der Waals surface area contributed by atoms with Crippen molar-refractivity contribution < 1.29 is 5.34 Å². The summed E-state index contributed by atoms with van der Waals surface area (Å²) in [5.74, 6) is 0. The maximum Gasteiger partial charge on any atom is 0.0393 e. The molecule has 0 saturated heterocycles. The third-order valence-corrected chi connectivity index (χ3v) is 1.82. The molecule has 0 aromatic heterocycles. The summed E-state index contributed by atoms with van der Waals surface area (Å²) in [6, 6.07) is 14.1. The van der Waals surface area contributed by atoms with Gasteiger partial charge < -0.3 is 5.73 Å². The second-order valence-electron chi connectivity index (χ2n) is 2.65. The highest BCUT2D eigenvalue weighted by molar-refractivity contribution is 5.92. The second-order valence-corrected chi connectivity index (χ2v) is 2.65. The molecule has 0 heterocycles. The number of benzene rings is 2. The average Bonchev–Trinajstić information content (AvgIpc) is 2.20. The molecule has 0 aliphatic heterocycles. The average molecular weight is 190 g/mol. The topological polar surface area (TPSA) is 80.1 Å². The molecule has 0 fully saturated rings. The quantitative estimate of drug-likeness (QED) is 0.365. The fourth-order valence-electron chi connectivity index (χ4n) is 1.25. The van der Waals surface area contributed by atoms with E-state index in [1.807, 2.05) is 30.3 Å². The molecule has 4 nitrogen and oxygen atoms in total. The molecule has 3 N–H and O–H groups in total. The first-order chi connectivity index (χ1) is 6.79. The Morgan fingerprint density at radius 3 is 2.29 bits per heavy atom. The van der Waals surface area contributed by atoms with Crippen LogP contribution in [0.3, 0.4) is 0 Å². The molecule has 14 heavy (non-hydrogen) atoms. The van der Waals surface area contributed by atoms with Crippen molar-refractivity contribution in [2.24, 2.45) is 0 Å². The van der Waals surface area contributed by atoms with Gasteiger partial charge in [0.05, 0.1) is 0 Å². The molecule has 0 bridgehead atoms. The first-order valence-electron chi connectivity index (χ1n) is 4.02. The fraction of sp³-hybridized carbons (Fsp3) is 0. The molecule has 0 radical (unpaired) electrons. The smallest absolute Gasteiger partial charge is 0.0393 e. The first kappa shape index (κ1) is 9.98. The number of nitrogen functional groups attached to an aromatic ring is 1. The van der Waals surface area contributed by atoms with Gasteiger partial charge >= 0.3 is 0 Å². The molecule has 0 unspecified atom stereocenters. The predicted octanol–water partition coefficient (Wildman–Crippen LogP) is 0.753. The number of rotatable bonds is 0. The number of nitrogens with two attached hydrogens (primary N) is 1. The summed E-state index contributed by atoms with van der Waals surface area (Å²) in [7, 11) is 0. The Labute approximate surface area is 80.9 Å². The van der Waals surface area contributed by atoms with Gasteiger partial charge in [0.2, 0.25) is 0 Å². The molecule has 0 aliphatic rings. The summed E-state index contributed by atoms with van der Waals surface area (Å²) in [6.07, 6.45) is 0. The highest BCUT2D eigenvalue weighted by Crippen LogP contribution is 2.19. The zero-order valence-electron chi connectivity index (χ0n) is 7.44. The molecule has 0 atom stereocenters. The molecule has 0 saturated carbocycles. The number of hydrogen-bond acceptors (Lipinski definition) is 3. The van der Waals surface area contributed by atoms with Crippen molar-refractivity contribution in [3.63, 3.8) is 0 Å². The third kappa shape index (κ3) is 2.20. The molecule has 2 rings (SSSR count). The van der Waals surface area contributed by atoms with Crippen LogP contribution in [0.4, 0.5) is 5.69 Å². The van der Waals surface area contributed by atoms with E-state index in [0.29, 0.717) is 0 Å². The Morgan fingerprint density at radius 2 is 1.64 bits per heavy atom. The number of anilines is 1. The van der Waals surface area contributed by atoms with Crippen molar-refractivity contribution in [2.75, 3.05) is 5.73 Å². The summed E-state index contributed by atoms with van der Waals surface area (Å²) in [4.78, 5) is 8.12. The van der Waals surface area contributed by atoms with E-state index in [2.05, 4.69) is 12.1 Å². The van der Waals surface area contributed by atoms with Gasteiger partial charge in [-0.25, -0.2) is 0 Å². The van der Waals surface area contributed by atoms with Crippen molar-refractivity contribution in [3.05, 3.63) is 52.6 Å². The predicted molar refractivity (Wildman–Crippen MR) is 56.1 cm³/mol. The van der Waals surface area contributed by atoms with Gasteiger partial charge in [-0.05, 0) is 11.5 Å². The van der Waals surface area contributed by atoms with Crippen LogP contribution in [0.25, 0.3) is 10.8 Å². The highest BCUT2D eigenvalue weighted by Gasteiger charge is 1.92. The summed E-state index contributed by atoms with van der Waals surface area (Å²) >= 11 is 0. The second kappa shape index (κ2) is 4.81. The Balaban J connectivity index is 0.000000293. The van der Waals surface area contributed by atoms with E-state index in [0.717, 1.165) is 11.1 Å². The first-order valence-corrected chi connectivity index (χ1v) is 4.02. The summed E-state index contributed by atoms with van der Waals surface area (Å²) in [5.41, 5.74) is 6.61. The van der Waals surface area contributed by atoms with Crippen molar-refractivity contribution in [2.45, 2.75) is 0 Å². The summed E-state index contributed by atoms with van der Waals surface area (Å²) in [5, 5.41) is 10.7. The van der Waals surface area contributed by atoms with Gasteiger partial charge in [0.1, 0.15) is 0 Å². The van der Waals surface area contributed by atoms with Gasteiger partial charge in [0, 0.05) is 16.4 Å². The fourth-order valence-corrected chi connectivity index (χ4v) is 1.25. The van der Waals surface area contributed by atoms with Gasteiger partial charge in [0.15, 0.2) is 0 Å². The van der Waals surface area contributed by atoms with Crippen molar-refractivity contribution >= 4 is 16.5 Å². The molecule has 0 aliphatic carbocycles. The van der Waals surface area contributed by atoms with Crippen LogP contribution in [0.5, 0.6) is 0 Å². The minimum Gasteiger partial charge on any atom is -0.398 e. The minimum atomic E-state index is 0.250. The van der Waals surface area contributed by atoms with Crippen molar-refractivity contribution in [3.8, 4) is 0 Å². The molecule has 2 aromatic carbocycles. The maximum absolute atomic E-state index is 8.12. The van der Waals surface area contributed by atoms with E-state index in [-0.39, 0.29) is 5.34 Å². The normalized spacial score (nSPS) is 8.86. The van der Waals surface area contributed by atoms with Crippen LogP contribution < -0.4 is 11.1 Å². The third-order valence-electron chi connectivity index (χ3n) is 1.82. The van der Waals surface area contributed by atoms with Crippen LogP contribution in [0.1, 0.15) is 0 Å². The van der Waals surface area contributed by atoms with Gasteiger partial charge in [-0.1, -0.05) is 36.4 Å². The number of fused-ring (bicyclic) bond motifs is 1. The standard InChI is InChI=1S/C10H9N.HNO2/c11-10-7-3-5-8-4-1-2-6-9(8)10;2-1-3/h1-7H,11H2;1H. The maximum atomic E-state index is 8.12. The van der Waals surface area contributed by atoms with Gasteiger partial charge in [-0.3, -0.25) is 10.1 Å². The van der Waals surface area contributed by atoms with E-state index in [4.69, 9.17) is 15.8 Å². The number of nitrogens with one attached hydrogen (secondary N) is 1. The van der Waals surface area contributed by atoms with Crippen LogP contribution in [0, 0.1) is 10.1 Å². The van der Waals surface area contributed by atoms with E-state index in [9.17, 15) is 0 Å². The zero-order chi connectivity index (χ0) is 10.4. The molecule has 0 amide bonds. The van der Waals surface area contributed by atoms with Crippen molar-refractivity contribution in [1.29, 1.82) is 0 Å². The largest absolute Gasteiger partial charge is 0.398 e. The lowest BCUT2D eigenvalue weighted by Crippen LogP contribution is -2.53. The SMILES string of the molecule is Nc1cccc2ccccc12.O=[NH+][O-]. The molecule has 72 valence electrons. The lowest BCUT2D eigenvalue weighted by molar-refractivity contribution is -0.398. The van der Waals surface area contributed by atoms with Gasteiger partial charge in [-0.15, -0.1) is 0 Å². The monoisotopic (exact) mass is 190 g/mol. The van der Waals surface area contributed by atoms with E-state index in [1.165, 1.54) is 5.39 Å². The minimum absolute atomic E-state index is 0.250.